The van der Waals surface area contributed by atoms with Crippen LogP contribution in [0.5, 0.6) is 0 Å². The molecule has 1 saturated heterocycles. The number of hydrogen-bond donors (Lipinski definition) is 1. The van der Waals surface area contributed by atoms with E-state index in [0.29, 0.717) is 19.8 Å². The minimum Gasteiger partial charge on any atom is -0.377 e. The van der Waals surface area contributed by atoms with Gasteiger partial charge in [0, 0.05) is 13.1 Å². The zero-order chi connectivity index (χ0) is 10.6. The molecule has 1 heterocycles. The van der Waals surface area contributed by atoms with Crippen molar-refractivity contribution in [3.63, 3.8) is 0 Å². The van der Waals surface area contributed by atoms with E-state index in [2.05, 4.69) is 5.32 Å². The van der Waals surface area contributed by atoms with Crippen LogP contribution in [0.15, 0.2) is 0 Å². The van der Waals surface area contributed by atoms with Gasteiger partial charge in [-0.15, -0.1) is 0 Å². The van der Waals surface area contributed by atoms with E-state index in [4.69, 9.17) is 4.74 Å². The van der Waals surface area contributed by atoms with Gasteiger partial charge in [-0.2, -0.15) is 0 Å². The first-order chi connectivity index (χ1) is 6.58. The summed E-state index contributed by atoms with van der Waals surface area (Å²) in [6.07, 6.45) is 0.969. The maximum Gasteiger partial charge on any atom is 0.318 e. The molecule has 0 aromatic carbocycles. The van der Waals surface area contributed by atoms with Crippen molar-refractivity contribution < 1.29 is 9.53 Å². The van der Waals surface area contributed by atoms with Crippen molar-refractivity contribution in [2.24, 2.45) is 0 Å². The standard InChI is InChI=1S/C10H20N2O2/c1-4-5-11-9(13)12-6-7-14-8-10(12,2)3/h4-8H2,1-3H3,(H,11,13). The molecule has 0 saturated carbocycles. The van der Waals surface area contributed by atoms with Crippen molar-refractivity contribution in [3.8, 4) is 0 Å². The van der Waals surface area contributed by atoms with E-state index in [-0.39, 0.29) is 11.6 Å². The summed E-state index contributed by atoms with van der Waals surface area (Å²) in [6.45, 7) is 8.78. The lowest BCUT2D eigenvalue weighted by Crippen LogP contribution is -2.58. The summed E-state index contributed by atoms with van der Waals surface area (Å²) in [4.78, 5) is 13.6. The molecule has 1 N–H and O–H groups in total. The third-order valence-electron chi connectivity index (χ3n) is 2.42. The normalized spacial score (nSPS) is 20.6. The summed E-state index contributed by atoms with van der Waals surface area (Å²) in [5.74, 6) is 0. The van der Waals surface area contributed by atoms with Gasteiger partial charge in [0.25, 0.3) is 0 Å². The first-order valence-corrected chi connectivity index (χ1v) is 5.21. The highest BCUT2D eigenvalue weighted by atomic mass is 16.5. The van der Waals surface area contributed by atoms with Crippen molar-refractivity contribution in [2.45, 2.75) is 32.7 Å². The van der Waals surface area contributed by atoms with Crippen LogP contribution in [0.3, 0.4) is 0 Å². The second kappa shape index (κ2) is 4.64. The van der Waals surface area contributed by atoms with Crippen molar-refractivity contribution in [1.82, 2.24) is 10.2 Å². The second-order valence-corrected chi connectivity index (χ2v) is 4.25. The highest BCUT2D eigenvalue weighted by Crippen LogP contribution is 2.18. The molecule has 0 spiro atoms. The Morgan fingerprint density at radius 3 is 2.86 bits per heavy atom. The van der Waals surface area contributed by atoms with Gasteiger partial charge >= 0.3 is 6.03 Å². The third kappa shape index (κ3) is 2.61. The molecule has 82 valence electrons. The fourth-order valence-electron chi connectivity index (χ4n) is 1.56. The highest BCUT2D eigenvalue weighted by Gasteiger charge is 2.33. The summed E-state index contributed by atoms with van der Waals surface area (Å²) >= 11 is 0. The average Bonchev–Trinajstić information content (AvgIpc) is 2.13. The van der Waals surface area contributed by atoms with E-state index >= 15 is 0 Å². The van der Waals surface area contributed by atoms with Gasteiger partial charge in [0.1, 0.15) is 0 Å². The molecule has 1 rings (SSSR count). The van der Waals surface area contributed by atoms with Gasteiger partial charge in [0.2, 0.25) is 0 Å². The molecule has 0 atom stereocenters. The molecule has 0 bridgehead atoms. The molecule has 0 radical (unpaired) electrons. The Bertz CT molecular complexity index is 204. The molecule has 1 aliphatic rings. The van der Waals surface area contributed by atoms with Gasteiger partial charge in [-0.1, -0.05) is 6.92 Å². The number of nitrogens with one attached hydrogen (secondary N) is 1. The number of urea groups is 1. The summed E-state index contributed by atoms with van der Waals surface area (Å²) in [6, 6.07) is 0.0279. The van der Waals surface area contributed by atoms with Gasteiger partial charge in [0.05, 0.1) is 18.8 Å². The molecule has 1 aliphatic heterocycles. The van der Waals surface area contributed by atoms with E-state index in [1.807, 2.05) is 25.7 Å². The number of amides is 2. The number of morpholine rings is 1. The number of ether oxygens (including phenoxy) is 1. The van der Waals surface area contributed by atoms with Crippen LogP contribution in [0.25, 0.3) is 0 Å². The van der Waals surface area contributed by atoms with E-state index in [0.717, 1.165) is 13.0 Å². The molecular formula is C10H20N2O2. The van der Waals surface area contributed by atoms with Crippen LogP contribution in [-0.4, -0.2) is 42.8 Å². The summed E-state index contributed by atoms with van der Waals surface area (Å²) in [5.41, 5.74) is -0.184. The number of hydrogen-bond acceptors (Lipinski definition) is 2. The van der Waals surface area contributed by atoms with E-state index in [9.17, 15) is 4.79 Å². The van der Waals surface area contributed by atoms with Gasteiger partial charge in [-0.3, -0.25) is 0 Å². The van der Waals surface area contributed by atoms with Gasteiger partial charge in [0.15, 0.2) is 0 Å². The largest absolute Gasteiger partial charge is 0.377 e. The minimum absolute atomic E-state index is 0.0279. The molecule has 0 aliphatic carbocycles. The Kier molecular flexibility index (Phi) is 3.75. The van der Waals surface area contributed by atoms with Crippen LogP contribution >= 0.6 is 0 Å². The molecule has 1 fully saturated rings. The SMILES string of the molecule is CCCNC(=O)N1CCOCC1(C)C. The lowest BCUT2D eigenvalue weighted by atomic mass is 10.0. The fraction of sp³-hybridized carbons (Fsp3) is 0.900. The molecular weight excluding hydrogens is 180 g/mol. The second-order valence-electron chi connectivity index (χ2n) is 4.25. The number of rotatable bonds is 2. The van der Waals surface area contributed by atoms with Gasteiger partial charge < -0.3 is 15.0 Å². The molecule has 4 heteroatoms. The van der Waals surface area contributed by atoms with Gasteiger partial charge in [-0.25, -0.2) is 4.79 Å². The molecule has 2 amide bonds. The van der Waals surface area contributed by atoms with Crippen molar-refractivity contribution in [3.05, 3.63) is 0 Å². The van der Waals surface area contributed by atoms with Gasteiger partial charge in [-0.05, 0) is 20.3 Å². The molecule has 14 heavy (non-hydrogen) atoms. The maximum atomic E-state index is 11.7. The number of nitrogens with zero attached hydrogens (tertiary/aromatic N) is 1. The molecule has 0 unspecified atom stereocenters. The van der Waals surface area contributed by atoms with Crippen LogP contribution in [0.1, 0.15) is 27.2 Å². The quantitative estimate of drug-likeness (QED) is 0.728. The Morgan fingerprint density at radius 1 is 1.57 bits per heavy atom. The van der Waals surface area contributed by atoms with Crippen molar-refractivity contribution in [1.29, 1.82) is 0 Å². The number of carbonyl (C=O) groups excluding carboxylic acids is 1. The topological polar surface area (TPSA) is 41.6 Å². The Balaban J connectivity index is 2.51. The minimum atomic E-state index is -0.184. The maximum absolute atomic E-state index is 11.7. The summed E-state index contributed by atoms with van der Waals surface area (Å²) in [5, 5.41) is 2.89. The Labute approximate surface area is 85.6 Å². The monoisotopic (exact) mass is 200 g/mol. The highest BCUT2D eigenvalue weighted by molar-refractivity contribution is 5.75. The Hall–Kier alpha value is -0.770. The van der Waals surface area contributed by atoms with Crippen LogP contribution in [-0.2, 0) is 4.74 Å². The fourth-order valence-corrected chi connectivity index (χ4v) is 1.56. The van der Waals surface area contributed by atoms with Crippen LogP contribution in [0.4, 0.5) is 4.79 Å². The summed E-state index contributed by atoms with van der Waals surface area (Å²) in [7, 11) is 0. The molecule has 0 aromatic heterocycles. The van der Waals surface area contributed by atoms with Crippen molar-refractivity contribution in [2.75, 3.05) is 26.3 Å². The zero-order valence-corrected chi connectivity index (χ0v) is 9.30. The van der Waals surface area contributed by atoms with E-state index in [1.165, 1.54) is 0 Å². The Morgan fingerprint density at radius 2 is 2.29 bits per heavy atom. The van der Waals surface area contributed by atoms with Crippen LogP contribution < -0.4 is 5.32 Å². The van der Waals surface area contributed by atoms with E-state index < -0.39 is 0 Å². The van der Waals surface area contributed by atoms with Crippen LogP contribution in [0, 0.1) is 0 Å². The first-order valence-electron chi connectivity index (χ1n) is 5.21. The predicted octanol–water partition coefficient (Wildman–Crippen LogP) is 1.22. The lowest BCUT2D eigenvalue weighted by molar-refractivity contribution is -0.0277. The van der Waals surface area contributed by atoms with Crippen LogP contribution in [0.2, 0.25) is 0 Å². The number of carbonyl (C=O) groups is 1. The zero-order valence-electron chi connectivity index (χ0n) is 9.30. The smallest absolute Gasteiger partial charge is 0.318 e. The van der Waals surface area contributed by atoms with Crippen molar-refractivity contribution >= 4 is 6.03 Å². The lowest BCUT2D eigenvalue weighted by Gasteiger charge is -2.41. The summed E-state index contributed by atoms with van der Waals surface area (Å²) < 4.78 is 5.35. The third-order valence-corrected chi connectivity index (χ3v) is 2.42. The predicted molar refractivity (Wildman–Crippen MR) is 55.3 cm³/mol. The van der Waals surface area contributed by atoms with E-state index in [1.54, 1.807) is 0 Å². The molecule has 0 aromatic rings. The average molecular weight is 200 g/mol. The molecule has 4 nitrogen and oxygen atoms in total. The first kappa shape index (κ1) is 11.3.